The van der Waals surface area contributed by atoms with Gasteiger partial charge in [-0.05, 0) is 64.5 Å². The van der Waals surface area contributed by atoms with E-state index in [1.54, 1.807) is 4.90 Å². The minimum Gasteiger partial charge on any atom is -0.444 e. The Morgan fingerprint density at radius 3 is 2.65 bits per heavy atom. The first-order valence-electron chi connectivity index (χ1n) is 11.6. The van der Waals surface area contributed by atoms with Crippen molar-refractivity contribution in [3.63, 3.8) is 0 Å². The molecule has 186 valence electrons. The van der Waals surface area contributed by atoms with E-state index in [9.17, 15) is 15.2 Å². The number of ether oxygens (including phenoxy) is 1. The van der Waals surface area contributed by atoms with Gasteiger partial charge in [0, 0.05) is 37.4 Å². The lowest BCUT2D eigenvalue weighted by atomic mass is 9.71. The van der Waals surface area contributed by atoms with Crippen LogP contribution in [0.5, 0.6) is 0 Å². The number of nitrogens with one attached hydrogen (secondary N) is 1. The van der Waals surface area contributed by atoms with Crippen molar-refractivity contribution in [2.24, 2.45) is 21.9 Å². The molecule has 9 nitrogen and oxygen atoms in total. The number of aliphatic hydroxyl groups is 1. The number of carbonyl (C=O) groups is 1. The van der Waals surface area contributed by atoms with E-state index >= 15 is 0 Å². The summed E-state index contributed by atoms with van der Waals surface area (Å²) in [5.41, 5.74) is 11.6. The predicted molar refractivity (Wildman–Crippen MR) is 134 cm³/mol. The number of carbonyl (C=O) groups excluding carboxylic acids is 1. The maximum Gasteiger partial charge on any atom is 0.410 e. The highest BCUT2D eigenvalue weighted by molar-refractivity contribution is 6.08. The topological polar surface area (TPSA) is 150 Å². The van der Waals surface area contributed by atoms with Gasteiger partial charge in [-0.1, -0.05) is 18.2 Å². The number of hydrogen-bond donors (Lipinski definition) is 4. The summed E-state index contributed by atoms with van der Waals surface area (Å²) in [6.45, 7) is 8.45. The van der Waals surface area contributed by atoms with E-state index in [-0.39, 0.29) is 23.1 Å². The molecule has 0 aromatic heterocycles. The SMILES string of the molecule is C[C@H]1CC(CC#N)(CCN=C(Nc2ccccc2)/C(=C\N)C(N)O)CCN1C(=O)OC(C)(C)C. The molecule has 6 N–H and O–H groups in total. The molecular weight excluding hydrogens is 432 g/mol. The fourth-order valence-corrected chi connectivity index (χ4v) is 4.24. The molecule has 1 aromatic rings. The van der Waals surface area contributed by atoms with Crippen LogP contribution in [-0.2, 0) is 4.74 Å². The summed E-state index contributed by atoms with van der Waals surface area (Å²) in [4.78, 5) is 19.0. The molecule has 1 heterocycles. The predicted octanol–water partition coefficient (Wildman–Crippen LogP) is 3.33. The Morgan fingerprint density at radius 1 is 1.44 bits per heavy atom. The molecular formula is C25H38N6O3. The number of aliphatic imine (C=N–C) groups is 1. The zero-order valence-electron chi connectivity index (χ0n) is 20.6. The van der Waals surface area contributed by atoms with Crippen LogP contribution in [-0.4, -0.2) is 52.9 Å². The van der Waals surface area contributed by atoms with Crippen molar-refractivity contribution < 1.29 is 14.6 Å². The van der Waals surface area contributed by atoms with E-state index in [1.165, 1.54) is 6.20 Å². The van der Waals surface area contributed by atoms with Gasteiger partial charge >= 0.3 is 6.09 Å². The van der Waals surface area contributed by atoms with Gasteiger partial charge in [0.2, 0.25) is 0 Å². The molecule has 1 fully saturated rings. The molecule has 0 saturated carbocycles. The van der Waals surface area contributed by atoms with Crippen molar-refractivity contribution in [3.8, 4) is 6.07 Å². The summed E-state index contributed by atoms with van der Waals surface area (Å²) in [6, 6.07) is 11.7. The maximum absolute atomic E-state index is 12.6. The van der Waals surface area contributed by atoms with Gasteiger partial charge in [0.25, 0.3) is 0 Å². The summed E-state index contributed by atoms with van der Waals surface area (Å²) in [7, 11) is 0. The number of nitriles is 1. The standard InChI is InChI=1S/C25H38N6O3/c1-18-16-25(10-13-26,12-15-31(18)23(33)34-24(2,3)4)11-14-29-22(20(17-27)21(28)32)30-19-8-6-5-7-9-19/h5-9,17-18,21,32H,10-12,14-16,27-28H2,1-4H3,(H,29,30)/b20-17-/t18-,21?,25?/m0/s1. The first-order valence-corrected chi connectivity index (χ1v) is 11.6. The fraction of sp³-hybridized carbons (Fsp3) is 0.560. The molecule has 1 aliphatic rings. The fourth-order valence-electron chi connectivity index (χ4n) is 4.24. The normalized spacial score (nSPS) is 22.6. The average Bonchev–Trinajstić information content (AvgIpc) is 2.73. The molecule has 2 unspecified atom stereocenters. The zero-order chi connectivity index (χ0) is 25.4. The number of likely N-dealkylation sites (tertiary alicyclic amines) is 1. The van der Waals surface area contributed by atoms with Crippen LogP contribution >= 0.6 is 0 Å². The molecule has 1 aliphatic heterocycles. The van der Waals surface area contributed by atoms with Crippen molar-refractivity contribution in [2.75, 3.05) is 18.4 Å². The van der Waals surface area contributed by atoms with Crippen LogP contribution < -0.4 is 16.8 Å². The Balaban J connectivity index is 2.16. The first-order chi connectivity index (χ1) is 16.0. The van der Waals surface area contributed by atoms with E-state index < -0.39 is 11.8 Å². The number of piperidine rings is 1. The van der Waals surface area contributed by atoms with Gasteiger partial charge in [-0.15, -0.1) is 0 Å². The lowest BCUT2D eigenvalue weighted by Gasteiger charge is -2.44. The molecule has 0 radical (unpaired) electrons. The van der Waals surface area contributed by atoms with Crippen molar-refractivity contribution in [1.29, 1.82) is 5.26 Å². The van der Waals surface area contributed by atoms with Crippen LogP contribution in [0, 0.1) is 16.7 Å². The smallest absolute Gasteiger partial charge is 0.410 e. The summed E-state index contributed by atoms with van der Waals surface area (Å²) in [5, 5.41) is 22.7. The van der Waals surface area contributed by atoms with Gasteiger partial charge in [0.15, 0.2) is 0 Å². The van der Waals surface area contributed by atoms with Crippen molar-refractivity contribution in [1.82, 2.24) is 4.90 Å². The second kappa shape index (κ2) is 11.9. The third-order valence-electron chi connectivity index (χ3n) is 5.95. The van der Waals surface area contributed by atoms with E-state index in [1.807, 2.05) is 58.0 Å². The van der Waals surface area contributed by atoms with Crippen LogP contribution in [0.4, 0.5) is 10.5 Å². The minimum absolute atomic E-state index is 0.0618. The van der Waals surface area contributed by atoms with E-state index in [0.29, 0.717) is 44.6 Å². The molecule has 1 amide bonds. The van der Waals surface area contributed by atoms with Crippen LogP contribution in [0.3, 0.4) is 0 Å². The van der Waals surface area contributed by atoms with Gasteiger partial charge in [0.05, 0.1) is 11.6 Å². The summed E-state index contributed by atoms with van der Waals surface area (Å²) in [6.07, 6.45) is 2.00. The van der Waals surface area contributed by atoms with Crippen molar-refractivity contribution >= 4 is 17.6 Å². The van der Waals surface area contributed by atoms with Crippen molar-refractivity contribution in [2.45, 2.75) is 71.2 Å². The lowest BCUT2D eigenvalue weighted by Crippen LogP contribution is -2.50. The number of rotatable bonds is 7. The number of benzene rings is 1. The minimum atomic E-state index is -1.29. The number of anilines is 1. The number of hydrogen-bond acceptors (Lipinski definition) is 7. The molecule has 0 aliphatic carbocycles. The number of amidine groups is 1. The van der Waals surface area contributed by atoms with E-state index in [2.05, 4.69) is 16.4 Å². The third-order valence-corrected chi connectivity index (χ3v) is 5.95. The van der Waals surface area contributed by atoms with Gasteiger partial charge in [0.1, 0.15) is 17.7 Å². The number of para-hydroxylation sites is 1. The third kappa shape index (κ3) is 7.75. The second-order valence-electron chi connectivity index (χ2n) is 9.85. The molecule has 0 bridgehead atoms. The molecule has 2 rings (SSSR count). The summed E-state index contributed by atoms with van der Waals surface area (Å²) in [5.74, 6) is 0.384. The molecule has 34 heavy (non-hydrogen) atoms. The summed E-state index contributed by atoms with van der Waals surface area (Å²) >= 11 is 0. The Bertz CT molecular complexity index is 917. The second-order valence-corrected chi connectivity index (χ2v) is 9.85. The largest absolute Gasteiger partial charge is 0.444 e. The Labute approximate surface area is 202 Å². The lowest BCUT2D eigenvalue weighted by molar-refractivity contribution is -0.00573. The van der Waals surface area contributed by atoms with Gasteiger partial charge < -0.3 is 31.5 Å². The maximum atomic E-state index is 12.6. The highest BCUT2D eigenvalue weighted by Crippen LogP contribution is 2.41. The quantitative estimate of drug-likeness (QED) is 0.271. The molecule has 3 atom stereocenters. The van der Waals surface area contributed by atoms with Gasteiger partial charge in [-0.3, -0.25) is 4.99 Å². The molecule has 0 spiro atoms. The van der Waals surface area contributed by atoms with Crippen LogP contribution in [0.2, 0.25) is 0 Å². The van der Waals surface area contributed by atoms with Gasteiger partial charge in [-0.2, -0.15) is 5.26 Å². The highest BCUT2D eigenvalue weighted by Gasteiger charge is 2.40. The zero-order valence-corrected chi connectivity index (χ0v) is 20.6. The van der Waals surface area contributed by atoms with Crippen LogP contribution in [0.15, 0.2) is 47.1 Å². The van der Waals surface area contributed by atoms with Crippen LogP contribution in [0.1, 0.15) is 53.4 Å². The number of amides is 1. The molecule has 1 aromatic carbocycles. The van der Waals surface area contributed by atoms with E-state index in [0.717, 1.165) is 5.69 Å². The monoisotopic (exact) mass is 470 g/mol. The first kappa shape index (κ1) is 27.2. The Morgan fingerprint density at radius 2 is 2.12 bits per heavy atom. The Hall–Kier alpha value is -3.09. The number of aliphatic hydroxyl groups excluding tert-OH is 1. The van der Waals surface area contributed by atoms with E-state index in [4.69, 9.17) is 16.2 Å². The summed E-state index contributed by atoms with van der Waals surface area (Å²) < 4.78 is 5.54. The average molecular weight is 471 g/mol. The highest BCUT2D eigenvalue weighted by atomic mass is 16.6. The Kier molecular flexibility index (Phi) is 9.47. The number of nitrogens with two attached hydrogens (primary N) is 2. The van der Waals surface area contributed by atoms with Crippen molar-refractivity contribution in [3.05, 3.63) is 42.1 Å². The molecule has 9 heteroatoms. The number of nitrogens with zero attached hydrogens (tertiary/aromatic N) is 3. The van der Waals surface area contributed by atoms with Gasteiger partial charge in [-0.25, -0.2) is 4.79 Å². The molecule has 1 saturated heterocycles. The van der Waals surface area contributed by atoms with Crippen LogP contribution in [0.25, 0.3) is 0 Å².